The summed E-state index contributed by atoms with van der Waals surface area (Å²) in [7, 11) is 3.39. The van der Waals surface area contributed by atoms with Crippen LogP contribution in [0.5, 0.6) is 5.75 Å². The first-order valence-corrected chi connectivity index (χ1v) is 8.13. The summed E-state index contributed by atoms with van der Waals surface area (Å²) in [6.45, 7) is 1.96. The number of amides is 1. The Balaban J connectivity index is 1.84. The van der Waals surface area contributed by atoms with Crippen LogP contribution in [0, 0.1) is 0 Å². The highest BCUT2D eigenvalue weighted by atomic mass is 16.5. The number of aromatic nitrogens is 2. The highest BCUT2D eigenvalue weighted by Gasteiger charge is 2.18. The van der Waals surface area contributed by atoms with Crippen molar-refractivity contribution < 1.29 is 9.53 Å². The summed E-state index contributed by atoms with van der Waals surface area (Å²) in [4.78, 5) is 12.6. The van der Waals surface area contributed by atoms with Crippen molar-refractivity contribution in [3.05, 3.63) is 71.9 Å². The van der Waals surface area contributed by atoms with Crippen LogP contribution < -0.4 is 10.1 Å². The molecule has 1 atom stereocenters. The Bertz CT molecular complexity index is 872. The zero-order chi connectivity index (χ0) is 17.8. The number of rotatable bonds is 5. The van der Waals surface area contributed by atoms with E-state index in [1.54, 1.807) is 24.9 Å². The molecule has 0 aliphatic carbocycles. The first-order chi connectivity index (χ1) is 12.1. The average Bonchev–Trinajstić information content (AvgIpc) is 3.04. The molecule has 0 aliphatic rings. The zero-order valence-corrected chi connectivity index (χ0v) is 14.6. The van der Waals surface area contributed by atoms with Crippen molar-refractivity contribution in [1.82, 2.24) is 15.1 Å². The van der Waals surface area contributed by atoms with Crippen LogP contribution in [0.4, 0.5) is 0 Å². The molecule has 1 aromatic heterocycles. The van der Waals surface area contributed by atoms with Gasteiger partial charge in [-0.1, -0.05) is 42.5 Å². The van der Waals surface area contributed by atoms with Gasteiger partial charge in [0.2, 0.25) is 0 Å². The first-order valence-electron chi connectivity index (χ1n) is 8.13. The number of carbonyl (C=O) groups is 1. The standard InChI is InChI=1S/C20H21N3O2/c1-14(15-9-5-4-6-10-15)21-20(24)18-13-17(22-23(18)2)16-11-7-8-12-19(16)25-3/h4-14H,1-3H3,(H,21,24)/t14-/m0/s1. The van der Waals surface area contributed by atoms with Crippen LogP contribution in [0.1, 0.15) is 29.0 Å². The molecule has 0 radical (unpaired) electrons. The number of ether oxygens (including phenoxy) is 1. The quantitative estimate of drug-likeness (QED) is 0.775. The zero-order valence-electron chi connectivity index (χ0n) is 14.6. The van der Waals surface area contributed by atoms with Gasteiger partial charge in [0, 0.05) is 12.6 Å². The van der Waals surface area contributed by atoms with E-state index in [1.165, 1.54) is 0 Å². The summed E-state index contributed by atoms with van der Waals surface area (Å²) < 4.78 is 6.97. The van der Waals surface area contributed by atoms with E-state index in [9.17, 15) is 4.79 Å². The third-order valence-corrected chi connectivity index (χ3v) is 4.14. The molecule has 3 rings (SSSR count). The summed E-state index contributed by atoms with van der Waals surface area (Å²) in [6, 6.07) is 19.2. The van der Waals surface area contributed by atoms with Crippen LogP contribution in [-0.2, 0) is 7.05 Å². The smallest absolute Gasteiger partial charge is 0.270 e. The molecule has 5 nitrogen and oxygen atoms in total. The van der Waals surface area contributed by atoms with Gasteiger partial charge in [-0.3, -0.25) is 9.48 Å². The van der Waals surface area contributed by atoms with Gasteiger partial charge in [0.05, 0.1) is 18.8 Å². The molecule has 0 bridgehead atoms. The van der Waals surface area contributed by atoms with Crippen molar-refractivity contribution in [1.29, 1.82) is 0 Å². The van der Waals surface area contributed by atoms with E-state index in [0.717, 1.165) is 16.9 Å². The molecular weight excluding hydrogens is 314 g/mol. The van der Waals surface area contributed by atoms with Gasteiger partial charge in [-0.05, 0) is 30.7 Å². The van der Waals surface area contributed by atoms with E-state index >= 15 is 0 Å². The maximum Gasteiger partial charge on any atom is 0.270 e. The van der Waals surface area contributed by atoms with E-state index in [4.69, 9.17) is 4.74 Å². The Labute approximate surface area is 147 Å². The number of hydrogen-bond acceptors (Lipinski definition) is 3. The van der Waals surface area contributed by atoms with Crippen molar-refractivity contribution in [2.75, 3.05) is 7.11 Å². The summed E-state index contributed by atoms with van der Waals surface area (Å²) in [5.74, 6) is 0.567. The summed E-state index contributed by atoms with van der Waals surface area (Å²) in [5, 5.41) is 7.48. The third kappa shape index (κ3) is 3.55. The molecule has 5 heteroatoms. The van der Waals surface area contributed by atoms with Gasteiger partial charge in [-0.25, -0.2) is 0 Å². The molecule has 1 heterocycles. The van der Waals surface area contributed by atoms with Gasteiger partial charge in [0.15, 0.2) is 0 Å². The molecule has 0 spiro atoms. The Hall–Kier alpha value is -3.08. The molecule has 1 amide bonds. The van der Waals surface area contributed by atoms with Crippen molar-refractivity contribution in [2.24, 2.45) is 7.05 Å². The predicted octanol–water partition coefficient (Wildman–Crippen LogP) is 3.59. The topological polar surface area (TPSA) is 56.1 Å². The van der Waals surface area contributed by atoms with Crippen LogP contribution in [0.25, 0.3) is 11.3 Å². The Morgan fingerprint density at radius 2 is 1.80 bits per heavy atom. The van der Waals surface area contributed by atoms with E-state index < -0.39 is 0 Å². The van der Waals surface area contributed by atoms with Gasteiger partial charge in [0.25, 0.3) is 5.91 Å². The molecule has 0 saturated carbocycles. The van der Waals surface area contributed by atoms with E-state index in [2.05, 4.69) is 10.4 Å². The van der Waals surface area contributed by atoms with E-state index in [-0.39, 0.29) is 11.9 Å². The average molecular weight is 335 g/mol. The van der Waals surface area contributed by atoms with Crippen LogP contribution in [0.2, 0.25) is 0 Å². The molecule has 25 heavy (non-hydrogen) atoms. The van der Waals surface area contributed by atoms with Crippen LogP contribution >= 0.6 is 0 Å². The maximum absolute atomic E-state index is 12.6. The molecule has 0 unspecified atom stereocenters. The molecule has 128 valence electrons. The fourth-order valence-corrected chi connectivity index (χ4v) is 2.76. The van der Waals surface area contributed by atoms with Crippen LogP contribution in [0.15, 0.2) is 60.7 Å². The van der Waals surface area contributed by atoms with Crippen molar-refractivity contribution in [2.45, 2.75) is 13.0 Å². The molecular formula is C20H21N3O2. The van der Waals surface area contributed by atoms with Crippen molar-refractivity contribution >= 4 is 5.91 Å². The molecule has 0 fully saturated rings. The lowest BCUT2D eigenvalue weighted by atomic mass is 10.1. The normalized spacial score (nSPS) is 11.8. The highest BCUT2D eigenvalue weighted by molar-refractivity contribution is 5.94. The molecule has 1 N–H and O–H groups in total. The number of carbonyl (C=O) groups excluding carboxylic acids is 1. The van der Waals surface area contributed by atoms with Crippen molar-refractivity contribution in [3.63, 3.8) is 0 Å². The van der Waals surface area contributed by atoms with Crippen molar-refractivity contribution in [3.8, 4) is 17.0 Å². The summed E-state index contributed by atoms with van der Waals surface area (Å²) >= 11 is 0. The van der Waals surface area contributed by atoms with E-state index in [1.807, 2.05) is 61.5 Å². The van der Waals surface area contributed by atoms with Gasteiger partial charge in [-0.2, -0.15) is 5.10 Å². The lowest BCUT2D eigenvalue weighted by molar-refractivity contribution is 0.0930. The summed E-state index contributed by atoms with van der Waals surface area (Å²) in [5.41, 5.74) is 3.12. The Kier molecular flexibility index (Phi) is 4.84. The number of aryl methyl sites for hydroxylation is 1. The fraction of sp³-hybridized carbons (Fsp3) is 0.200. The highest BCUT2D eigenvalue weighted by Crippen LogP contribution is 2.29. The maximum atomic E-state index is 12.6. The van der Waals surface area contributed by atoms with Gasteiger partial charge in [-0.15, -0.1) is 0 Å². The predicted molar refractivity (Wildman–Crippen MR) is 97.5 cm³/mol. The minimum Gasteiger partial charge on any atom is -0.496 e. The monoisotopic (exact) mass is 335 g/mol. The number of para-hydroxylation sites is 1. The SMILES string of the molecule is COc1ccccc1-c1cc(C(=O)N[C@@H](C)c2ccccc2)n(C)n1. The Morgan fingerprint density at radius 1 is 1.12 bits per heavy atom. The summed E-state index contributed by atoms with van der Waals surface area (Å²) in [6.07, 6.45) is 0. The minimum atomic E-state index is -0.160. The van der Waals surface area contributed by atoms with Gasteiger partial charge < -0.3 is 10.1 Å². The Morgan fingerprint density at radius 3 is 2.52 bits per heavy atom. The number of hydrogen-bond donors (Lipinski definition) is 1. The number of nitrogens with one attached hydrogen (secondary N) is 1. The second kappa shape index (κ2) is 7.21. The molecule has 2 aromatic carbocycles. The third-order valence-electron chi connectivity index (χ3n) is 4.14. The second-order valence-corrected chi connectivity index (χ2v) is 5.84. The molecule has 0 aliphatic heterocycles. The molecule has 3 aromatic rings. The van der Waals surface area contributed by atoms with Gasteiger partial charge >= 0.3 is 0 Å². The van der Waals surface area contributed by atoms with Crippen LogP contribution in [-0.4, -0.2) is 22.8 Å². The lowest BCUT2D eigenvalue weighted by Crippen LogP contribution is -2.28. The second-order valence-electron chi connectivity index (χ2n) is 5.84. The first kappa shape index (κ1) is 16.8. The fourth-order valence-electron chi connectivity index (χ4n) is 2.76. The lowest BCUT2D eigenvalue weighted by Gasteiger charge is -2.14. The minimum absolute atomic E-state index is 0.0849. The number of benzene rings is 2. The molecule has 0 saturated heterocycles. The number of nitrogens with zero attached hydrogens (tertiary/aromatic N) is 2. The number of methoxy groups -OCH3 is 1. The van der Waals surface area contributed by atoms with Gasteiger partial charge in [0.1, 0.15) is 11.4 Å². The van der Waals surface area contributed by atoms with Crippen LogP contribution in [0.3, 0.4) is 0 Å². The largest absolute Gasteiger partial charge is 0.496 e. The van der Waals surface area contributed by atoms with E-state index in [0.29, 0.717) is 11.4 Å².